The second-order valence-corrected chi connectivity index (χ2v) is 5.07. The van der Waals surface area contributed by atoms with Gasteiger partial charge in [-0.3, -0.25) is 9.78 Å². The SMILES string of the molecule is CCOc1cc(C=NNC(=O)c2ccncc2)cc(Br)c1O. The summed E-state index contributed by atoms with van der Waals surface area (Å²) in [5.74, 6) is 0.0418. The molecule has 0 spiro atoms. The maximum absolute atomic E-state index is 11.8. The first-order chi connectivity index (χ1) is 10.6. The van der Waals surface area contributed by atoms with Crippen LogP contribution in [0.15, 0.2) is 46.2 Å². The van der Waals surface area contributed by atoms with Gasteiger partial charge in [-0.15, -0.1) is 0 Å². The number of ether oxygens (including phenoxy) is 1. The lowest BCUT2D eigenvalue weighted by Gasteiger charge is -2.08. The van der Waals surface area contributed by atoms with Crippen molar-refractivity contribution in [3.05, 3.63) is 52.3 Å². The summed E-state index contributed by atoms with van der Waals surface area (Å²) in [6.45, 7) is 2.25. The predicted molar refractivity (Wildman–Crippen MR) is 86.3 cm³/mol. The van der Waals surface area contributed by atoms with Crippen molar-refractivity contribution in [2.75, 3.05) is 6.61 Å². The Hall–Kier alpha value is -2.41. The van der Waals surface area contributed by atoms with Gasteiger partial charge in [0.25, 0.3) is 5.91 Å². The Labute approximate surface area is 136 Å². The number of nitrogens with zero attached hydrogens (tertiary/aromatic N) is 2. The van der Waals surface area contributed by atoms with Gasteiger partial charge < -0.3 is 9.84 Å². The number of pyridine rings is 1. The first-order valence-electron chi connectivity index (χ1n) is 6.50. The van der Waals surface area contributed by atoms with E-state index in [1.165, 1.54) is 18.6 Å². The van der Waals surface area contributed by atoms with Gasteiger partial charge in [-0.05, 0) is 52.7 Å². The van der Waals surface area contributed by atoms with Crippen LogP contribution in [-0.2, 0) is 0 Å². The number of hydrogen-bond acceptors (Lipinski definition) is 5. The summed E-state index contributed by atoms with van der Waals surface area (Å²) < 4.78 is 5.81. The zero-order chi connectivity index (χ0) is 15.9. The molecule has 0 saturated heterocycles. The van der Waals surface area contributed by atoms with Crippen LogP contribution in [0.3, 0.4) is 0 Å². The van der Waals surface area contributed by atoms with Crippen LogP contribution in [0.5, 0.6) is 11.5 Å². The predicted octanol–water partition coefficient (Wildman–Crippen LogP) is 2.71. The van der Waals surface area contributed by atoms with Gasteiger partial charge in [-0.25, -0.2) is 5.43 Å². The number of hydrogen-bond donors (Lipinski definition) is 2. The van der Waals surface area contributed by atoms with Gasteiger partial charge in [0.2, 0.25) is 0 Å². The number of benzene rings is 1. The van der Waals surface area contributed by atoms with E-state index in [9.17, 15) is 9.90 Å². The lowest BCUT2D eigenvalue weighted by Crippen LogP contribution is -2.17. The van der Waals surface area contributed by atoms with E-state index in [0.717, 1.165) is 0 Å². The van der Waals surface area contributed by atoms with Crippen molar-refractivity contribution in [2.24, 2.45) is 5.10 Å². The molecule has 1 heterocycles. The monoisotopic (exact) mass is 363 g/mol. The fraction of sp³-hybridized carbons (Fsp3) is 0.133. The smallest absolute Gasteiger partial charge is 0.271 e. The first kappa shape index (κ1) is 16.0. The molecular weight excluding hydrogens is 350 g/mol. The van der Waals surface area contributed by atoms with Crippen molar-refractivity contribution in [1.29, 1.82) is 0 Å². The molecule has 0 bridgehead atoms. The van der Waals surface area contributed by atoms with E-state index in [-0.39, 0.29) is 11.7 Å². The van der Waals surface area contributed by atoms with Gasteiger partial charge in [-0.2, -0.15) is 5.10 Å². The minimum atomic E-state index is -0.332. The lowest BCUT2D eigenvalue weighted by molar-refractivity contribution is 0.0955. The van der Waals surface area contributed by atoms with Crippen LogP contribution in [0.1, 0.15) is 22.8 Å². The summed E-state index contributed by atoms with van der Waals surface area (Å²) in [6.07, 6.45) is 4.53. The number of halogens is 1. The fourth-order valence-corrected chi connectivity index (χ4v) is 2.13. The Balaban J connectivity index is 2.09. The summed E-state index contributed by atoms with van der Waals surface area (Å²) in [5, 5.41) is 13.7. The van der Waals surface area contributed by atoms with Gasteiger partial charge in [0.05, 0.1) is 17.3 Å². The molecule has 0 radical (unpaired) electrons. The highest BCUT2D eigenvalue weighted by molar-refractivity contribution is 9.10. The first-order valence-corrected chi connectivity index (χ1v) is 7.30. The third-order valence-electron chi connectivity index (χ3n) is 2.67. The number of aromatic nitrogens is 1. The van der Waals surface area contributed by atoms with Crippen LogP contribution in [-0.4, -0.2) is 28.8 Å². The minimum Gasteiger partial charge on any atom is -0.503 e. The number of phenols is 1. The van der Waals surface area contributed by atoms with Crippen molar-refractivity contribution in [3.8, 4) is 11.5 Å². The minimum absolute atomic E-state index is 0.0276. The van der Waals surface area contributed by atoms with Crippen LogP contribution in [0.4, 0.5) is 0 Å². The third kappa shape index (κ3) is 4.05. The van der Waals surface area contributed by atoms with Gasteiger partial charge >= 0.3 is 0 Å². The largest absolute Gasteiger partial charge is 0.503 e. The Kier molecular flexibility index (Phi) is 5.48. The van der Waals surface area contributed by atoms with E-state index in [4.69, 9.17) is 4.74 Å². The molecule has 1 amide bonds. The molecule has 1 aromatic carbocycles. The molecule has 2 rings (SSSR count). The number of rotatable bonds is 5. The molecule has 22 heavy (non-hydrogen) atoms. The topological polar surface area (TPSA) is 83.8 Å². The molecule has 0 aliphatic rings. The normalized spacial score (nSPS) is 10.6. The maximum atomic E-state index is 11.8. The number of hydrazone groups is 1. The highest BCUT2D eigenvalue weighted by Gasteiger charge is 2.08. The van der Waals surface area contributed by atoms with E-state index in [1.54, 1.807) is 24.3 Å². The van der Waals surface area contributed by atoms with E-state index >= 15 is 0 Å². The standard InChI is InChI=1S/C15H14BrN3O3/c1-2-22-13-8-10(7-12(16)14(13)20)9-18-19-15(21)11-3-5-17-6-4-11/h3-9,20H,2H2,1H3,(H,19,21). The molecule has 114 valence electrons. The third-order valence-corrected chi connectivity index (χ3v) is 3.28. The van der Waals surface area contributed by atoms with E-state index in [0.29, 0.717) is 28.0 Å². The number of carbonyl (C=O) groups is 1. The van der Waals surface area contributed by atoms with Crippen LogP contribution >= 0.6 is 15.9 Å². The fourth-order valence-electron chi connectivity index (χ4n) is 1.67. The van der Waals surface area contributed by atoms with Gasteiger partial charge in [0.1, 0.15) is 0 Å². The van der Waals surface area contributed by atoms with Gasteiger partial charge in [0.15, 0.2) is 11.5 Å². The second-order valence-electron chi connectivity index (χ2n) is 4.22. The molecule has 0 fully saturated rings. The Morgan fingerprint density at radius 2 is 2.18 bits per heavy atom. The summed E-state index contributed by atoms with van der Waals surface area (Å²) in [6, 6.07) is 6.48. The van der Waals surface area contributed by atoms with E-state index in [2.05, 4.69) is 31.4 Å². The zero-order valence-corrected chi connectivity index (χ0v) is 13.4. The van der Waals surface area contributed by atoms with Crippen molar-refractivity contribution in [2.45, 2.75) is 6.92 Å². The van der Waals surface area contributed by atoms with Crippen LogP contribution < -0.4 is 10.2 Å². The zero-order valence-electron chi connectivity index (χ0n) is 11.8. The second kappa shape index (κ2) is 7.56. The highest BCUT2D eigenvalue weighted by Crippen LogP contribution is 2.34. The van der Waals surface area contributed by atoms with Crippen LogP contribution in [0.2, 0.25) is 0 Å². The molecule has 0 atom stereocenters. The molecule has 0 aliphatic heterocycles. The van der Waals surface area contributed by atoms with E-state index < -0.39 is 0 Å². The van der Waals surface area contributed by atoms with E-state index in [1.807, 2.05) is 6.92 Å². The van der Waals surface area contributed by atoms with Crippen molar-refractivity contribution < 1.29 is 14.6 Å². The average molecular weight is 364 g/mol. The summed E-state index contributed by atoms with van der Waals surface area (Å²) >= 11 is 3.24. The number of amides is 1. The summed E-state index contributed by atoms with van der Waals surface area (Å²) in [7, 11) is 0. The van der Waals surface area contributed by atoms with Crippen molar-refractivity contribution in [1.82, 2.24) is 10.4 Å². The Morgan fingerprint density at radius 3 is 2.86 bits per heavy atom. The number of nitrogens with one attached hydrogen (secondary N) is 1. The lowest BCUT2D eigenvalue weighted by atomic mass is 10.2. The molecule has 0 saturated carbocycles. The molecule has 1 aromatic heterocycles. The van der Waals surface area contributed by atoms with Crippen molar-refractivity contribution >= 4 is 28.1 Å². The molecule has 2 N–H and O–H groups in total. The Morgan fingerprint density at radius 1 is 1.45 bits per heavy atom. The highest BCUT2D eigenvalue weighted by atomic mass is 79.9. The summed E-state index contributed by atoms with van der Waals surface area (Å²) in [4.78, 5) is 15.6. The average Bonchev–Trinajstić information content (AvgIpc) is 2.53. The Bertz CT molecular complexity index is 690. The molecule has 7 heteroatoms. The summed E-state index contributed by atoms with van der Waals surface area (Å²) in [5.41, 5.74) is 3.55. The molecule has 6 nitrogen and oxygen atoms in total. The van der Waals surface area contributed by atoms with Crippen molar-refractivity contribution in [3.63, 3.8) is 0 Å². The molecule has 0 unspecified atom stereocenters. The quantitative estimate of drug-likeness (QED) is 0.631. The maximum Gasteiger partial charge on any atom is 0.271 e. The van der Waals surface area contributed by atoms with Crippen LogP contribution in [0, 0.1) is 0 Å². The number of carbonyl (C=O) groups excluding carboxylic acids is 1. The molecule has 2 aromatic rings. The van der Waals surface area contributed by atoms with Crippen LogP contribution in [0.25, 0.3) is 0 Å². The van der Waals surface area contributed by atoms with Gasteiger partial charge in [-0.1, -0.05) is 0 Å². The number of phenolic OH excluding ortho intramolecular Hbond substituents is 1. The molecular formula is C15H14BrN3O3. The molecule has 0 aliphatic carbocycles. The van der Waals surface area contributed by atoms with Gasteiger partial charge in [0, 0.05) is 18.0 Å². The number of aromatic hydroxyl groups is 1.